The Morgan fingerprint density at radius 2 is 1.96 bits per heavy atom. The van der Waals surface area contributed by atoms with E-state index in [4.69, 9.17) is 14.2 Å². The van der Waals surface area contributed by atoms with Crippen LogP contribution in [-0.2, 0) is 22.4 Å². The zero-order valence-corrected chi connectivity index (χ0v) is 15.3. The maximum Gasteiger partial charge on any atom is 0.337 e. The molecule has 0 aliphatic carbocycles. The van der Waals surface area contributed by atoms with Gasteiger partial charge in [-0.1, -0.05) is 24.3 Å². The Morgan fingerprint density at radius 1 is 1.15 bits per heavy atom. The van der Waals surface area contributed by atoms with E-state index in [0.717, 1.165) is 38.4 Å². The van der Waals surface area contributed by atoms with Gasteiger partial charge in [-0.25, -0.2) is 4.79 Å². The van der Waals surface area contributed by atoms with Crippen molar-refractivity contribution in [3.05, 3.63) is 65.2 Å². The zero-order valence-electron chi connectivity index (χ0n) is 15.3. The molecule has 1 unspecified atom stereocenters. The van der Waals surface area contributed by atoms with Crippen LogP contribution in [0.25, 0.3) is 0 Å². The van der Waals surface area contributed by atoms with Crippen LogP contribution >= 0.6 is 0 Å². The lowest BCUT2D eigenvalue weighted by Gasteiger charge is -2.33. The predicted octanol–water partition coefficient (Wildman–Crippen LogP) is 2.93. The second kappa shape index (κ2) is 8.83. The first-order valence-electron chi connectivity index (χ1n) is 8.82. The van der Waals surface area contributed by atoms with E-state index in [1.165, 1.54) is 18.2 Å². The van der Waals surface area contributed by atoms with Crippen LogP contribution in [0.1, 0.15) is 21.5 Å². The number of rotatable bonds is 6. The van der Waals surface area contributed by atoms with Crippen LogP contribution in [0, 0.1) is 0 Å². The van der Waals surface area contributed by atoms with Gasteiger partial charge in [0, 0.05) is 26.1 Å². The van der Waals surface area contributed by atoms with Gasteiger partial charge in [-0.05, 0) is 35.4 Å². The number of hydrogen-bond donors (Lipinski definition) is 0. The van der Waals surface area contributed by atoms with Crippen molar-refractivity contribution in [3.63, 3.8) is 0 Å². The van der Waals surface area contributed by atoms with Crippen molar-refractivity contribution < 1.29 is 19.0 Å². The molecule has 1 atom stereocenters. The van der Waals surface area contributed by atoms with Crippen LogP contribution in [0.5, 0.6) is 5.75 Å². The average molecular weight is 355 g/mol. The first-order valence-corrected chi connectivity index (χ1v) is 8.82. The molecule has 1 saturated heterocycles. The Kier molecular flexibility index (Phi) is 6.26. The highest BCUT2D eigenvalue weighted by atomic mass is 16.5. The summed E-state index contributed by atoms with van der Waals surface area (Å²) >= 11 is 0. The van der Waals surface area contributed by atoms with E-state index in [-0.39, 0.29) is 12.1 Å². The Hall–Kier alpha value is -2.37. The highest BCUT2D eigenvalue weighted by Crippen LogP contribution is 2.18. The molecule has 1 aliphatic heterocycles. The minimum absolute atomic E-state index is 0.171. The SMILES string of the molecule is COC(=O)c1ccc(CN2CCOC(Cc3cccc(OC)c3)C2)cc1. The maximum absolute atomic E-state index is 11.5. The highest BCUT2D eigenvalue weighted by molar-refractivity contribution is 5.89. The van der Waals surface area contributed by atoms with Crippen LogP contribution in [0.3, 0.4) is 0 Å². The molecule has 1 aliphatic rings. The molecule has 5 nitrogen and oxygen atoms in total. The molecule has 0 saturated carbocycles. The number of carbonyl (C=O) groups excluding carboxylic acids is 1. The normalized spacial score (nSPS) is 17.7. The predicted molar refractivity (Wildman–Crippen MR) is 99.5 cm³/mol. The van der Waals surface area contributed by atoms with Crippen LogP contribution in [0.4, 0.5) is 0 Å². The molecular formula is C21H25NO4. The first kappa shape index (κ1) is 18.4. The first-order chi connectivity index (χ1) is 12.7. The summed E-state index contributed by atoms with van der Waals surface area (Å²) in [5.74, 6) is 0.571. The minimum atomic E-state index is -0.304. The number of methoxy groups -OCH3 is 2. The molecule has 0 spiro atoms. The average Bonchev–Trinajstić information content (AvgIpc) is 2.68. The third kappa shape index (κ3) is 4.84. The van der Waals surface area contributed by atoms with E-state index in [9.17, 15) is 4.79 Å². The van der Waals surface area contributed by atoms with Gasteiger partial charge in [0.1, 0.15) is 5.75 Å². The van der Waals surface area contributed by atoms with Gasteiger partial charge < -0.3 is 14.2 Å². The van der Waals surface area contributed by atoms with E-state index in [1.807, 2.05) is 36.4 Å². The Labute approximate surface area is 154 Å². The molecule has 0 amide bonds. The topological polar surface area (TPSA) is 48.0 Å². The van der Waals surface area contributed by atoms with Gasteiger partial charge in [-0.15, -0.1) is 0 Å². The smallest absolute Gasteiger partial charge is 0.337 e. The lowest BCUT2D eigenvalue weighted by atomic mass is 10.1. The molecule has 26 heavy (non-hydrogen) atoms. The fourth-order valence-corrected chi connectivity index (χ4v) is 3.23. The second-order valence-electron chi connectivity index (χ2n) is 6.47. The van der Waals surface area contributed by atoms with Gasteiger partial charge in [-0.2, -0.15) is 0 Å². The highest BCUT2D eigenvalue weighted by Gasteiger charge is 2.21. The van der Waals surface area contributed by atoms with Gasteiger partial charge in [0.2, 0.25) is 0 Å². The molecule has 0 aromatic heterocycles. The molecule has 138 valence electrons. The van der Waals surface area contributed by atoms with Gasteiger partial charge >= 0.3 is 5.97 Å². The summed E-state index contributed by atoms with van der Waals surface area (Å²) < 4.78 is 16.0. The fourth-order valence-electron chi connectivity index (χ4n) is 3.23. The molecule has 1 fully saturated rings. The van der Waals surface area contributed by atoms with Crippen LogP contribution < -0.4 is 4.74 Å². The van der Waals surface area contributed by atoms with E-state index < -0.39 is 0 Å². The second-order valence-corrected chi connectivity index (χ2v) is 6.47. The molecule has 2 aromatic rings. The van der Waals surface area contributed by atoms with E-state index in [2.05, 4.69) is 17.0 Å². The van der Waals surface area contributed by atoms with Crippen molar-refractivity contribution in [1.82, 2.24) is 4.90 Å². The van der Waals surface area contributed by atoms with Crippen LogP contribution in [0.15, 0.2) is 48.5 Å². The maximum atomic E-state index is 11.5. The molecular weight excluding hydrogens is 330 g/mol. The summed E-state index contributed by atoms with van der Waals surface area (Å²) in [6, 6.07) is 15.7. The van der Waals surface area contributed by atoms with E-state index >= 15 is 0 Å². The van der Waals surface area contributed by atoms with Crippen molar-refractivity contribution in [2.24, 2.45) is 0 Å². The lowest BCUT2D eigenvalue weighted by molar-refractivity contribution is -0.0305. The molecule has 3 rings (SSSR count). The molecule has 0 bridgehead atoms. The molecule has 1 heterocycles. The number of nitrogens with zero attached hydrogens (tertiary/aromatic N) is 1. The summed E-state index contributed by atoms with van der Waals surface area (Å²) in [5.41, 5.74) is 2.98. The van der Waals surface area contributed by atoms with E-state index in [1.54, 1.807) is 7.11 Å². The summed E-state index contributed by atoms with van der Waals surface area (Å²) in [6.07, 6.45) is 1.04. The van der Waals surface area contributed by atoms with Gasteiger partial charge in [0.15, 0.2) is 0 Å². The van der Waals surface area contributed by atoms with Crippen molar-refractivity contribution in [2.75, 3.05) is 33.9 Å². The van der Waals surface area contributed by atoms with Crippen molar-refractivity contribution in [3.8, 4) is 5.75 Å². The number of carbonyl (C=O) groups is 1. The number of esters is 1. The quantitative estimate of drug-likeness (QED) is 0.746. The standard InChI is InChI=1S/C21H25NO4/c1-24-19-5-3-4-17(12-19)13-20-15-22(10-11-26-20)14-16-6-8-18(9-7-16)21(23)25-2/h3-9,12,20H,10-11,13-15H2,1-2H3. The van der Waals surface area contributed by atoms with E-state index in [0.29, 0.717) is 5.56 Å². The third-order valence-electron chi connectivity index (χ3n) is 4.60. The minimum Gasteiger partial charge on any atom is -0.497 e. The number of benzene rings is 2. The Balaban J connectivity index is 1.57. The monoisotopic (exact) mass is 355 g/mol. The molecule has 0 N–H and O–H groups in total. The van der Waals surface area contributed by atoms with Gasteiger partial charge in [0.25, 0.3) is 0 Å². The third-order valence-corrected chi connectivity index (χ3v) is 4.60. The lowest BCUT2D eigenvalue weighted by Crippen LogP contribution is -2.42. The number of morpholine rings is 1. The Morgan fingerprint density at radius 3 is 2.69 bits per heavy atom. The number of hydrogen-bond acceptors (Lipinski definition) is 5. The summed E-state index contributed by atoms with van der Waals surface area (Å²) in [7, 11) is 3.08. The summed E-state index contributed by atoms with van der Waals surface area (Å²) in [5, 5.41) is 0. The van der Waals surface area contributed by atoms with Gasteiger partial charge in [-0.3, -0.25) is 4.90 Å². The molecule has 2 aromatic carbocycles. The molecule has 5 heteroatoms. The summed E-state index contributed by atoms with van der Waals surface area (Å²) in [4.78, 5) is 13.9. The largest absolute Gasteiger partial charge is 0.497 e. The van der Waals surface area contributed by atoms with Gasteiger partial charge in [0.05, 0.1) is 32.5 Å². The zero-order chi connectivity index (χ0) is 18.4. The Bertz CT molecular complexity index is 729. The summed E-state index contributed by atoms with van der Waals surface area (Å²) in [6.45, 7) is 3.37. The van der Waals surface area contributed by atoms with Crippen molar-refractivity contribution in [1.29, 1.82) is 0 Å². The van der Waals surface area contributed by atoms with Crippen molar-refractivity contribution >= 4 is 5.97 Å². The van der Waals surface area contributed by atoms with Crippen LogP contribution in [0.2, 0.25) is 0 Å². The fraction of sp³-hybridized carbons (Fsp3) is 0.381. The number of ether oxygens (including phenoxy) is 3. The van der Waals surface area contributed by atoms with Crippen molar-refractivity contribution in [2.45, 2.75) is 19.1 Å². The molecule has 0 radical (unpaired) electrons. The van der Waals surface area contributed by atoms with Crippen LogP contribution in [-0.4, -0.2) is 50.9 Å².